The molecule has 0 unspecified atom stereocenters. The summed E-state index contributed by atoms with van der Waals surface area (Å²) in [6, 6.07) is 1.59. The third-order valence-electron chi connectivity index (χ3n) is 2.72. The van der Waals surface area contributed by atoms with Gasteiger partial charge in [-0.05, 0) is 13.0 Å². The predicted octanol–water partition coefficient (Wildman–Crippen LogP) is 1.98. The number of nitrogens with zero attached hydrogens (tertiary/aromatic N) is 2. The highest BCUT2D eigenvalue weighted by atomic mass is 32.2. The summed E-state index contributed by atoms with van der Waals surface area (Å²) in [5.41, 5.74) is 1.26. The summed E-state index contributed by atoms with van der Waals surface area (Å²) in [5, 5.41) is 12.5. The first-order valence-corrected chi connectivity index (χ1v) is 8.05. The van der Waals surface area contributed by atoms with Gasteiger partial charge in [-0.2, -0.15) is 0 Å². The van der Waals surface area contributed by atoms with E-state index in [2.05, 4.69) is 9.71 Å². The molecule has 1 heterocycles. The van der Waals surface area contributed by atoms with Gasteiger partial charge in [0.15, 0.2) is 0 Å². The Morgan fingerprint density at radius 3 is 2.76 bits per heavy atom. The van der Waals surface area contributed by atoms with Gasteiger partial charge in [0.05, 0.1) is 33.1 Å². The van der Waals surface area contributed by atoms with Gasteiger partial charge in [0.1, 0.15) is 5.82 Å². The number of nitro groups is 1. The molecule has 0 saturated carbocycles. The summed E-state index contributed by atoms with van der Waals surface area (Å²) in [6.45, 7) is 1.14. The van der Waals surface area contributed by atoms with Crippen LogP contribution in [0.4, 0.5) is 10.1 Å². The Kier molecular flexibility index (Phi) is 4.30. The molecule has 0 bridgehead atoms. The summed E-state index contributed by atoms with van der Waals surface area (Å²) < 4.78 is 39.9. The molecule has 0 amide bonds. The third kappa shape index (κ3) is 3.40. The van der Waals surface area contributed by atoms with Crippen molar-refractivity contribution in [3.63, 3.8) is 0 Å². The van der Waals surface area contributed by atoms with Crippen LogP contribution in [0.2, 0.25) is 0 Å². The van der Waals surface area contributed by atoms with Crippen LogP contribution >= 0.6 is 11.3 Å². The Hall–Kier alpha value is -1.91. The molecule has 0 spiro atoms. The maximum Gasteiger partial charge on any atom is 0.276 e. The van der Waals surface area contributed by atoms with E-state index in [0.29, 0.717) is 5.69 Å². The van der Waals surface area contributed by atoms with Crippen LogP contribution in [0.5, 0.6) is 0 Å². The minimum atomic E-state index is -4.06. The normalized spacial score (nSPS) is 11.5. The van der Waals surface area contributed by atoms with Crippen LogP contribution in [0.3, 0.4) is 0 Å². The van der Waals surface area contributed by atoms with E-state index in [1.807, 2.05) is 0 Å². The predicted molar refractivity (Wildman–Crippen MR) is 73.9 cm³/mol. The first kappa shape index (κ1) is 15.5. The molecular formula is C11H10FN3O4S2. The number of sulfonamides is 1. The van der Waals surface area contributed by atoms with Gasteiger partial charge >= 0.3 is 0 Å². The van der Waals surface area contributed by atoms with Crippen molar-refractivity contribution < 1.29 is 17.7 Å². The first-order chi connectivity index (χ1) is 9.81. The second-order valence-corrected chi connectivity index (χ2v) is 6.60. The van der Waals surface area contributed by atoms with E-state index in [0.717, 1.165) is 12.1 Å². The van der Waals surface area contributed by atoms with E-state index >= 15 is 0 Å². The molecule has 0 saturated heterocycles. The lowest BCUT2D eigenvalue weighted by atomic mass is 10.2. The lowest BCUT2D eigenvalue weighted by Crippen LogP contribution is -2.23. The Balaban J connectivity index is 2.33. The van der Waals surface area contributed by atoms with Crippen LogP contribution in [0.15, 0.2) is 27.9 Å². The SMILES string of the molecule is Cc1c(F)cc(S(=O)(=O)NCc2cscn2)cc1[N+](=O)[O-]. The molecular weight excluding hydrogens is 321 g/mol. The molecule has 1 N–H and O–H groups in total. The van der Waals surface area contributed by atoms with E-state index in [4.69, 9.17) is 0 Å². The van der Waals surface area contributed by atoms with E-state index in [-0.39, 0.29) is 12.1 Å². The zero-order chi connectivity index (χ0) is 15.6. The molecule has 0 radical (unpaired) electrons. The molecule has 0 atom stereocenters. The molecule has 0 aliphatic rings. The number of nitro benzene ring substituents is 1. The van der Waals surface area contributed by atoms with Crippen LogP contribution in [0.1, 0.15) is 11.3 Å². The molecule has 0 aliphatic heterocycles. The molecule has 1 aromatic heterocycles. The Bertz CT molecular complexity index is 775. The number of hydrogen-bond donors (Lipinski definition) is 1. The quantitative estimate of drug-likeness (QED) is 0.666. The van der Waals surface area contributed by atoms with E-state index < -0.39 is 31.3 Å². The summed E-state index contributed by atoms with van der Waals surface area (Å²) >= 11 is 1.30. The van der Waals surface area contributed by atoms with Gasteiger partial charge in [0.2, 0.25) is 10.0 Å². The Labute approximate surface area is 123 Å². The molecule has 7 nitrogen and oxygen atoms in total. The molecule has 2 rings (SSSR count). The summed E-state index contributed by atoms with van der Waals surface area (Å²) in [6.07, 6.45) is 0. The zero-order valence-electron chi connectivity index (χ0n) is 10.7. The van der Waals surface area contributed by atoms with Crippen LogP contribution in [-0.4, -0.2) is 18.3 Å². The van der Waals surface area contributed by atoms with E-state index in [9.17, 15) is 22.9 Å². The Morgan fingerprint density at radius 2 is 2.19 bits per heavy atom. The largest absolute Gasteiger partial charge is 0.276 e. The van der Waals surface area contributed by atoms with Gasteiger partial charge in [0.25, 0.3) is 5.69 Å². The van der Waals surface area contributed by atoms with Crippen molar-refractivity contribution in [2.45, 2.75) is 18.4 Å². The highest BCUT2D eigenvalue weighted by molar-refractivity contribution is 7.89. The van der Waals surface area contributed by atoms with Crippen molar-refractivity contribution in [1.82, 2.24) is 9.71 Å². The van der Waals surface area contributed by atoms with Gasteiger partial charge in [-0.15, -0.1) is 11.3 Å². The number of nitrogens with one attached hydrogen (secondary N) is 1. The second-order valence-electron chi connectivity index (χ2n) is 4.11. The zero-order valence-corrected chi connectivity index (χ0v) is 12.4. The minimum Gasteiger partial charge on any atom is -0.258 e. The minimum absolute atomic E-state index is 0.0743. The van der Waals surface area contributed by atoms with Gasteiger partial charge < -0.3 is 0 Å². The summed E-state index contributed by atoms with van der Waals surface area (Å²) in [7, 11) is -4.06. The lowest BCUT2D eigenvalue weighted by Gasteiger charge is -2.07. The molecule has 21 heavy (non-hydrogen) atoms. The number of hydrogen-bond acceptors (Lipinski definition) is 6. The fourth-order valence-electron chi connectivity index (χ4n) is 1.56. The first-order valence-electron chi connectivity index (χ1n) is 5.62. The van der Waals surface area contributed by atoms with Gasteiger partial charge in [-0.1, -0.05) is 0 Å². The summed E-state index contributed by atoms with van der Waals surface area (Å²) in [5.74, 6) is -0.946. The topological polar surface area (TPSA) is 102 Å². The van der Waals surface area contributed by atoms with Crippen LogP contribution in [0, 0.1) is 22.9 Å². The average Bonchev–Trinajstić information content (AvgIpc) is 2.92. The maximum absolute atomic E-state index is 13.6. The molecule has 2 aromatic rings. The fraction of sp³-hybridized carbons (Fsp3) is 0.182. The Morgan fingerprint density at radius 1 is 1.48 bits per heavy atom. The number of thiazole rings is 1. The molecule has 10 heteroatoms. The number of benzene rings is 1. The maximum atomic E-state index is 13.6. The highest BCUT2D eigenvalue weighted by Gasteiger charge is 2.23. The summed E-state index contributed by atoms with van der Waals surface area (Å²) in [4.78, 5) is 13.4. The van der Waals surface area contributed by atoms with E-state index in [1.165, 1.54) is 18.3 Å². The lowest BCUT2D eigenvalue weighted by molar-refractivity contribution is -0.385. The third-order valence-corrected chi connectivity index (χ3v) is 4.74. The number of halogens is 1. The van der Waals surface area contributed by atoms with Crippen molar-refractivity contribution in [1.29, 1.82) is 0 Å². The van der Waals surface area contributed by atoms with Crippen LogP contribution in [-0.2, 0) is 16.6 Å². The highest BCUT2D eigenvalue weighted by Crippen LogP contribution is 2.25. The second kappa shape index (κ2) is 5.84. The fourth-order valence-corrected chi connectivity index (χ4v) is 3.15. The molecule has 0 aliphatic carbocycles. The molecule has 112 valence electrons. The van der Waals surface area contributed by atoms with Crippen LogP contribution in [0.25, 0.3) is 0 Å². The van der Waals surface area contributed by atoms with Gasteiger partial charge in [0, 0.05) is 11.4 Å². The van der Waals surface area contributed by atoms with Crippen molar-refractivity contribution in [3.8, 4) is 0 Å². The number of aromatic nitrogens is 1. The standard InChI is InChI=1S/C11H10FN3O4S2/c1-7-10(12)2-9(3-11(7)15(16)17)21(18,19)14-4-8-5-20-6-13-8/h2-3,5-6,14H,4H2,1H3. The average molecular weight is 331 g/mol. The van der Waals surface area contributed by atoms with E-state index in [1.54, 1.807) is 10.9 Å². The smallest absolute Gasteiger partial charge is 0.258 e. The van der Waals surface area contributed by atoms with Crippen molar-refractivity contribution in [3.05, 3.63) is 50.2 Å². The van der Waals surface area contributed by atoms with Gasteiger partial charge in [-0.3, -0.25) is 10.1 Å². The van der Waals surface area contributed by atoms with Crippen LogP contribution < -0.4 is 4.72 Å². The molecule has 1 aromatic carbocycles. The van der Waals surface area contributed by atoms with Crippen molar-refractivity contribution in [2.24, 2.45) is 0 Å². The number of rotatable bonds is 5. The molecule has 0 fully saturated rings. The van der Waals surface area contributed by atoms with Gasteiger partial charge in [-0.25, -0.2) is 22.5 Å². The van der Waals surface area contributed by atoms with Crippen molar-refractivity contribution in [2.75, 3.05) is 0 Å². The van der Waals surface area contributed by atoms with Crippen molar-refractivity contribution >= 4 is 27.0 Å². The monoisotopic (exact) mass is 331 g/mol.